The number of hydrogen-bond acceptors (Lipinski definition) is 4. The minimum Gasteiger partial charge on any atom is -0.355 e. The van der Waals surface area contributed by atoms with E-state index in [4.69, 9.17) is 0 Å². The lowest BCUT2D eigenvalue weighted by atomic mass is 10.1. The lowest BCUT2D eigenvalue weighted by molar-refractivity contribution is -0.140. The van der Waals surface area contributed by atoms with Gasteiger partial charge >= 0.3 is 6.18 Å². The van der Waals surface area contributed by atoms with E-state index in [0.717, 1.165) is 16.7 Å². The van der Waals surface area contributed by atoms with E-state index in [0.29, 0.717) is 18.1 Å². The van der Waals surface area contributed by atoms with E-state index in [1.807, 2.05) is 0 Å². The van der Waals surface area contributed by atoms with Gasteiger partial charge in [-0.2, -0.15) is 13.2 Å². The number of nitrogens with one attached hydrogen (secondary N) is 3. The van der Waals surface area contributed by atoms with Gasteiger partial charge in [0.2, 0.25) is 0 Å². The molecule has 2 rings (SSSR count). The van der Waals surface area contributed by atoms with Gasteiger partial charge in [0, 0.05) is 31.1 Å². The Morgan fingerprint density at radius 2 is 1.93 bits per heavy atom. The number of aromatic nitrogens is 1. The van der Waals surface area contributed by atoms with Gasteiger partial charge in [-0.3, -0.25) is 9.79 Å². The van der Waals surface area contributed by atoms with E-state index in [9.17, 15) is 22.4 Å². The quantitative estimate of drug-likeness (QED) is 0.292. The molecule has 0 unspecified atom stereocenters. The third-order valence-electron chi connectivity index (χ3n) is 3.61. The first kappa shape index (κ1) is 21.6. The van der Waals surface area contributed by atoms with E-state index in [2.05, 4.69) is 25.9 Å². The van der Waals surface area contributed by atoms with Gasteiger partial charge in [0.05, 0.1) is 6.54 Å². The molecule has 0 spiro atoms. The van der Waals surface area contributed by atoms with E-state index >= 15 is 0 Å². The molecule has 1 aromatic carbocycles. The standard InChI is InChI=1S/C17H19F4N5OS/c1-10-3-4-11(7-12(10)18)15(27)23-5-6-24-16(22-2)25-8-14-26-13(9-28-14)17(19,20)21/h3-4,7,9H,5-6,8H2,1-2H3,(H,23,27)(H2,22,24,25). The number of guanidine groups is 1. The van der Waals surface area contributed by atoms with Crippen molar-refractivity contribution in [1.82, 2.24) is 20.9 Å². The van der Waals surface area contributed by atoms with Gasteiger partial charge in [-0.05, 0) is 24.6 Å². The van der Waals surface area contributed by atoms with Crippen LogP contribution in [0.3, 0.4) is 0 Å². The van der Waals surface area contributed by atoms with Crippen LogP contribution in [0.15, 0.2) is 28.6 Å². The van der Waals surface area contributed by atoms with E-state index in [-0.39, 0.29) is 23.7 Å². The lowest BCUT2D eigenvalue weighted by Crippen LogP contribution is -2.41. The second kappa shape index (κ2) is 9.49. The zero-order valence-corrected chi connectivity index (χ0v) is 16.0. The Kier molecular flexibility index (Phi) is 7.32. The van der Waals surface area contributed by atoms with Crippen LogP contribution in [0.5, 0.6) is 0 Å². The van der Waals surface area contributed by atoms with Crippen LogP contribution in [0.2, 0.25) is 0 Å². The Morgan fingerprint density at radius 3 is 2.54 bits per heavy atom. The number of carbonyl (C=O) groups is 1. The van der Waals surface area contributed by atoms with Gasteiger partial charge in [-0.1, -0.05) is 6.07 Å². The highest BCUT2D eigenvalue weighted by Gasteiger charge is 2.33. The maximum absolute atomic E-state index is 13.5. The van der Waals surface area contributed by atoms with Crippen molar-refractivity contribution in [3.63, 3.8) is 0 Å². The summed E-state index contributed by atoms with van der Waals surface area (Å²) >= 11 is 0.897. The van der Waals surface area contributed by atoms with Crippen molar-refractivity contribution in [1.29, 1.82) is 0 Å². The molecule has 2 aromatic rings. The summed E-state index contributed by atoms with van der Waals surface area (Å²) in [4.78, 5) is 19.4. The Labute approximate surface area is 163 Å². The van der Waals surface area contributed by atoms with Crippen LogP contribution in [0.4, 0.5) is 17.6 Å². The molecule has 0 aliphatic heterocycles. The number of aryl methyl sites for hydroxylation is 1. The van der Waals surface area contributed by atoms with E-state index in [1.165, 1.54) is 25.2 Å². The van der Waals surface area contributed by atoms with Gasteiger partial charge in [0.25, 0.3) is 5.91 Å². The van der Waals surface area contributed by atoms with E-state index < -0.39 is 23.6 Å². The zero-order valence-electron chi connectivity index (χ0n) is 15.2. The average Bonchev–Trinajstić information content (AvgIpc) is 3.12. The molecule has 6 nitrogen and oxygen atoms in total. The van der Waals surface area contributed by atoms with Gasteiger partial charge in [-0.25, -0.2) is 9.37 Å². The molecular formula is C17H19F4N5OS. The summed E-state index contributed by atoms with van der Waals surface area (Å²) in [5, 5.41) is 9.61. The fraction of sp³-hybridized carbons (Fsp3) is 0.353. The molecule has 0 radical (unpaired) electrons. The largest absolute Gasteiger partial charge is 0.434 e. The molecule has 1 amide bonds. The van der Waals surface area contributed by atoms with Gasteiger partial charge in [-0.15, -0.1) is 11.3 Å². The van der Waals surface area contributed by atoms with Gasteiger partial charge < -0.3 is 16.0 Å². The highest BCUT2D eigenvalue weighted by atomic mass is 32.1. The van der Waals surface area contributed by atoms with Crippen molar-refractivity contribution in [3.8, 4) is 0 Å². The van der Waals surface area contributed by atoms with Crippen LogP contribution in [-0.4, -0.2) is 37.0 Å². The Morgan fingerprint density at radius 1 is 1.21 bits per heavy atom. The summed E-state index contributed by atoms with van der Waals surface area (Å²) in [6, 6.07) is 4.23. The van der Waals surface area contributed by atoms with Crippen LogP contribution in [0, 0.1) is 12.7 Å². The van der Waals surface area contributed by atoms with Crippen molar-refractivity contribution in [3.05, 3.63) is 51.2 Å². The summed E-state index contributed by atoms with van der Waals surface area (Å²) < 4.78 is 51.1. The van der Waals surface area contributed by atoms with Crippen LogP contribution in [0.1, 0.15) is 26.6 Å². The van der Waals surface area contributed by atoms with Crippen molar-refractivity contribution in [2.24, 2.45) is 4.99 Å². The highest BCUT2D eigenvalue weighted by molar-refractivity contribution is 7.09. The minimum absolute atomic E-state index is 0.0788. The van der Waals surface area contributed by atoms with Crippen molar-refractivity contribution >= 4 is 23.2 Å². The highest BCUT2D eigenvalue weighted by Crippen LogP contribution is 2.29. The number of nitrogens with zero attached hydrogens (tertiary/aromatic N) is 2. The number of thiazole rings is 1. The first-order valence-corrected chi connectivity index (χ1v) is 9.09. The number of amides is 1. The SMILES string of the molecule is CN=C(NCCNC(=O)c1ccc(C)c(F)c1)NCc1nc(C(F)(F)F)cs1. The fourth-order valence-corrected chi connectivity index (χ4v) is 2.84. The van der Waals surface area contributed by atoms with Crippen molar-refractivity contribution in [2.75, 3.05) is 20.1 Å². The Hall–Kier alpha value is -2.69. The lowest BCUT2D eigenvalue weighted by Gasteiger charge is -2.11. The molecule has 0 bridgehead atoms. The number of aliphatic imine (C=N–C) groups is 1. The van der Waals surface area contributed by atoms with Crippen molar-refractivity contribution < 1.29 is 22.4 Å². The van der Waals surface area contributed by atoms with Crippen molar-refractivity contribution in [2.45, 2.75) is 19.6 Å². The number of carbonyl (C=O) groups excluding carboxylic acids is 1. The normalized spacial score (nSPS) is 12.0. The third-order valence-corrected chi connectivity index (χ3v) is 4.46. The maximum Gasteiger partial charge on any atom is 0.434 e. The van der Waals surface area contributed by atoms with Crippen LogP contribution < -0.4 is 16.0 Å². The fourth-order valence-electron chi connectivity index (χ4n) is 2.10. The second-order valence-electron chi connectivity index (χ2n) is 5.70. The zero-order chi connectivity index (χ0) is 20.7. The number of hydrogen-bond donors (Lipinski definition) is 3. The van der Waals surface area contributed by atoms with Crippen LogP contribution >= 0.6 is 11.3 Å². The Bertz CT molecular complexity index is 850. The predicted octanol–water partition coefficient (Wildman–Crippen LogP) is 2.70. The molecule has 1 heterocycles. The first-order chi connectivity index (χ1) is 13.2. The van der Waals surface area contributed by atoms with E-state index in [1.54, 1.807) is 6.92 Å². The molecule has 0 atom stereocenters. The number of alkyl halides is 3. The summed E-state index contributed by atoms with van der Waals surface area (Å²) in [6.45, 7) is 2.24. The van der Waals surface area contributed by atoms with Crippen LogP contribution in [-0.2, 0) is 12.7 Å². The molecule has 11 heteroatoms. The van der Waals surface area contributed by atoms with Gasteiger partial charge in [0.15, 0.2) is 11.7 Å². The number of halogens is 4. The summed E-state index contributed by atoms with van der Waals surface area (Å²) in [7, 11) is 1.51. The molecule has 28 heavy (non-hydrogen) atoms. The second-order valence-corrected chi connectivity index (χ2v) is 6.64. The summed E-state index contributed by atoms with van der Waals surface area (Å²) in [5.74, 6) is -0.517. The first-order valence-electron chi connectivity index (χ1n) is 8.21. The average molecular weight is 417 g/mol. The molecule has 1 aromatic heterocycles. The maximum atomic E-state index is 13.5. The smallest absolute Gasteiger partial charge is 0.355 e. The molecule has 0 fully saturated rings. The monoisotopic (exact) mass is 417 g/mol. The molecule has 0 aliphatic rings. The predicted molar refractivity (Wildman–Crippen MR) is 98.8 cm³/mol. The Balaban J connectivity index is 1.74. The van der Waals surface area contributed by atoms with Gasteiger partial charge in [0.1, 0.15) is 10.8 Å². The minimum atomic E-state index is -4.47. The topological polar surface area (TPSA) is 78.4 Å². The molecule has 0 saturated carbocycles. The molecule has 3 N–H and O–H groups in total. The molecule has 0 saturated heterocycles. The third kappa shape index (κ3) is 6.19. The van der Waals surface area contributed by atoms with Crippen LogP contribution in [0.25, 0.3) is 0 Å². The summed E-state index contributed by atoms with van der Waals surface area (Å²) in [5.41, 5.74) is -0.252. The molecule has 0 aliphatic carbocycles. The molecular weight excluding hydrogens is 398 g/mol. The number of benzene rings is 1. The summed E-state index contributed by atoms with van der Waals surface area (Å²) in [6.07, 6.45) is -4.47. The molecule has 152 valence electrons. The number of rotatable bonds is 6.